The van der Waals surface area contributed by atoms with Crippen molar-refractivity contribution < 1.29 is 24.0 Å². The Morgan fingerprint density at radius 3 is 1.59 bits per heavy atom. The van der Waals surface area contributed by atoms with Crippen LogP contribution in [0.1, 0.15) is 113 Å². The number of carbonyl (C=O) groups is 5. The number of aromatic nitrogens is 8. The van der Waals surface area contributed by atoms with Gasteiger partial charge >= 0.3 is 0 Å². The summed E-state index contributed by atoms with van der Waals surface area (Å²) in [4.78, 5) is 71.3. The molecule has 0 saturated carbocycles. The van der Waals surface area contributed by atoms with E-state index in [0.717, 1.165) is 11.3 Å². The minimum atomic E-state index is -0.525. The molecule has 0 unspecified atom stereocenters. The van der Waals surface area contributed by atoms with Crippen LogP contribution in [0.15, 0.2) is 107 Å². The summed E-state index contributed by atoms with van der Waals surface area (Å²) in [6.45, 7) is 12.4. The van der Waals surface area contributed by atoms with Crippen molar-refractivity contribution in [1.82, 2.24) is 55.3 Å². The second kappa shape index (κ2) is 27.1. The maximum absolute atomic E-state index is 13.0. The average molecular weight is 1290 g/mol. The number of carbonyl (C=O) groups excluding carboxylic acids is 5. The number of pyridine rings is 2. The zero-order chi connectivity index (χ0) is 58.7. The normalized spacial score (nSPS) is 10.8. The van der Waals surface area contributed by atoms with Gasteiger partial charge in [-0.15, -0.1) is 0 Å². The number of nitriles is 1. The summed E-state index contributed by atoms with van der Waals surface area (Å²) in [6, 6.07) is 26.1. The molecule has 0 fully saturated rings. The molecule has 0 spiro atoms. The van der Waals surface area contributed by atoms with Gasteiger partial charge < -0.3 is 26.6 Å². The molecule has 19 nitrogen and oxygen atoms in total. The Labute approximate surface area is 498 Å². The van der Waals surface area contributed by atoms with Gasteiger partial charge in [-0.2, -0.15) is 20.6 Å². The lowest BCUT2D eigenvalue weighted by Crippen LogP contribution is -2.25. The van der Waals surface area contributed by atoms with Gasteiger partial charge in [0.05, 0.1) is 54.9 Å². The molecule has 0 aliphatic rings. The maximum Gasteiger partial charge on any atom is 0.274 e. The fourth-order valence-corrected chi connectivity index (χ4v) is 9.55. The minimum Gasteiger partial charge on any atom is -0.355 e. The summed E-state index contributed by atoms with van der Waals surface area (Å²) < 4.78 is 5.01. The highest BCUT2D eigenvalue weighted by molar-refractivity contribution is 9.10. The Kier molecular flexibility index (Phi) is 21.0. The monoisotopic (exact) mass is 1290 g/mol. The Balaban J connectivity index is 0.000000195. The van der Waals surface area contributed by atoms with Gasteiger partial charge in [0.1, 0.15) is 26.3 Å². The SMILES string of the molecule is CCc1nn(C)c(C(=O)NCc2ccc(C(C)(C)C)cc2)c1Cl.CNC(=O)c1cc(C#N)cc(C)c1NC(=O)c1cc(Br)nn1-c1ncccc1Cl.CNC(=O)c1cc(Cl)cc(C)c1NC(=O)c1cc(Br)nn1-c1ncccc1Cl. The Morgan fingerprint density at radius 1 is 0.662 bits per heavy atom. The molecule has 8 aromatic rings. The van der Waals surface area contributed by atoms with E-state index in [9.17, 15) is 29.2 Å². The molecule has 80 heavy (non-hydrogen) atoms. The van der Waals surface area contributed by atoms with Gasteiger partial charge in [0.15, 0.2) is 11.6 Å². The zero-order valence-electron chi connectivity index (χ0n) is 44.5. The van der Waals surface area contributed by atoms with Crippen LogP contribution in [0, 0.1) is 25.2 Å². The molecule has 0 radical (unpaired) electrons. The molecule has 8 rings (SSSR count). The molecule has 5 amide bonds. The van der Waals surface area contributed by atoms with Crippen molar-refractivity contribution in [2.75, 3.05) is 24.7 Å². The van der Waals surface area contributed by atoms with Crippen molar-refractivity contribution >= 4 is 119 Å². The predicted octanol–water partition coefficient (Wildman–Crippen LogP) is 11.6. The number of hydrogen-bond acceptors (Lipinski definition) is 11. The summed E-state index contributed by atoms with van der Waals surface area (Å²) >= 11 is 31.2. The van der Waals surface area contributed by atoms with Gasteiger partial charge in [0, 0.05) is 57.2 Å². The summed E-state index contributed by atoms with van der Waals surface area (Å²) in [5, 5.41) is 36.9. The summed E-state index contributed by atoms with van der Waals surface area (Å²) in [6.07, 6.45) is 3.78. The number of rotatable bonds is 12. The standard InChI is InChI=1S/C19H14BrClN6O2.C18H14BrCl2N5O2.C18H24ClN3O/c1-10-6-11(9-22)7-12(18(28)23-2)16(10)25-19(29)14-8-15(20)26-27(14)17-13(21)4-3-5-24-17;1-9-6-10(20)7-11(17(27)22-2)15(9)24-18(28)13-8-14(19)25-26(13)16-12(21)4-3-5-23-16;1-6-14-15(19)16(22(5)21-14)17(23)20-11-12-7-9-13(10-8-12)18(2,3)4/h3-8H,1-2H3,(H,23,28)(H,25,29);3-8H,1-2H3,(H,22,27)(H,24,28);7-10H,6,11H2,1-5H3,(H,20,23). The molecule has 0 bridgehead atoms. The molecule has 0 atom stereocenters. The number of halogens is 6. The largest absolute Gasteiger partial charge is 0.355 e. The maximum atomic E-state index is 13.0. The number of aryl methyl sites for hydroxylation is 4. The quantitative estimate of drug-likeness (QED) is 0.0769. The van der Waals surface area contributed by atoms with Crippen LogP contribution < -0.4 is 26.6 Å². The molecule has 414 valence electrons. The average Bonchev–Trinajstić information content (AvgIpc) is 4.12. The highest BCUT2D eigenvalue weighted by atomic mass is 79.9. The fourth-order valence-electron chi connectivity index (χ4n) is 7.74. The first-order valence-corrected chi connectivity index (χ1v) is 27.2. The highest BCUT2D eigenvalue weighted by Gasteiger charge is 2.25. The van der Waals surface area contributed by atoms with Crippen molar-refractivity contribution in [2.45, 2.75) is 59.9 Å². The molecule has 5 heterocycles. The van der Waals surface area contributed by atoms with Crippen LogP contribution in [0.5, 0.6) is 0 Å². The lowest BCUT2D eigenvalue weighted by molar-refractivity contribution is 0.0937. The van der Waals surface area contributed by atoms with Crippen LogP contribution >= 0.6 is 78.3 Å². The van der Waals surface area contributed by atoms with Crippen LogP contribution in [-0.4, -0.2) is 82.9 Å². The first-order chi connectivity index (χ1) is 37.9. The summed E-state index contributed by atoms with van der Waals surface area (Å²) in [7, 11) is 4.70. The molecule has 3 aromatic carbocycles. The third-order valence-corrected chi connectivity index (χ3v) is 13.7. The third kappa shape index (κ3) is 14.9. The van der Waals surface area contributed by atoms with Gasteiger partial charge in [-0.05, 0) is 128 Å². The topological polar surface area (TPSA) is 249 Å². The van der Waals surface area contributed by atoms with Gasteiger partial charge in [-0.1, -0.05) is 98.4 Å². The van der Waals surface area contributed by atoms with E-state index in [1.165, 1.54) is 59.5 Å². The highest BCUT2D eigenvalue weighted by Crippen LogP contribution is 2.30. The van der Waals surface area contributed by atoms with E-state index < -0.39 is 17.7 Å². The van der Waals surface area contributed by atoms with Crippen molar-refractivity contribution in [1.29, 1.82) is 5.26 Å². The van der Waals surface area contributed by atoms with Crippen molar-refractivity contribution in [2.24, 2.45) is 7.05 Å². The first kappa shape index (κ1) is 61.8. The zero-order valence-corrected chi connectivity index (χ0v) is 50.7. The second-order valence-electron chi connectivity index (χ2n) is 18.4. The lowest BCUT2D eigenvalue weighted by atomic mass is 9.87. The van der Waals surface area contributed by atoms with Crippen molar-refractivity contribution in [3.05, 3.63) is 188 Å². The molecule has 25 heteroatoms. The van der Waals surface area contributed by atoms with E-state index >= 15 is 0 Å². The van der Waals surface area contributed by atoms with E-state index in [2.05, 4.69) is 117 Å². The summed E-state index contributed by atoms with van der Waals surface area (Å²) in [5.41, 5.74) is 6.55. The van der Waals surface area contributed by atoms with Gasteiger partial charge in [-0.3, -0.25) is 28.7 Å². The molecule has 0 aliphatic heterocycles. The summed E-state index contributed by atoms with van der Waals surface area (Å²) in [5.74, 6) is -1.43. The van der Waals surface area contributed by atoms with E-state index in [4.69, 9.17) is 46.4 Å². The van der Waals surface area contributed by atoms with Crippen LogP contribution in [0.25, 0.3) is 11.6 Å². The number of anilines is 2. The van der Waals surface area contributed by atoms with Gasteiger partial charge in [0.25, 0.3) is 29.5 Å². The molecule has 0 saturated heterocycles. The van der Waals surface area contributed by atoms with E-state index in [1.807, 2.05) is 25.1 Å². The number of hydrogen-bond donors (Lipinski definition) is 5. The van der Waals surface area contributed by atoms with E-state index in [1.54, 1.807) is 68.2 Å². The molecule has 0 aliphatic carbocycles. The van der Waals surface area contributed by atoms with E-state index in [0.29, 0.717) is 81.8 Å². The third-order valence-electron chi connectivity index (χ3n) is 11.8. The smallest absolute Gasteiger partial charge is 0.274 e. The Morgan fingerprint density at radius 2 is 1.15 bits per heavy atom. The molecule has 5 N–H and O–H groups in total. The predicted molar refractivity (Wildman–Crippen MR) is 317 cm³/mol. The minimum absolute atomic E-state index is 0.126. The second-order valence-corrected chi connectivity index (χ2v) is 21.7. The number of nitrogens with zero attached hydrogens (tertiary/aromatic N) is 9. The number of benzene rings is 3. The van der Waals surface area contributed by atoms with Gasteiger partial charge in [0.2, 0.25) is 0 Å². The molecular weight excluding hydrogens is 1240 g/mol. The first-order valence-electron chi connectivity index (χ1n) is 24.1. The van der Waals surface area contributed by atoms with Crippen LogP contribution in [-0.2, 0) is 25.4 Å². The fraction of sp³-hybridized carbons (Fsp3) is 0.218. The molecular formula is C55H52Br2Cl4N14O5. The van der Waals surface area contributed by atoms with Crippen LogP contribution in [0.4, 0.5) is 11.4 Å². The van der Waals surface area contributed by atoms with Crippen LogP contribution in [0.3, 0.4) is 0 Å². The van der Waals surface area contributed by atoms with Crippen LogP contribution in [0.2, 0.25) is 20.1 Å². The number of nitrogens with one attached hydrogen (secondary N) is 5. The van der Waals surface area contributed by atoms with E-state index in [-0.39, 0.29) is 45.6 Å². The van der Waals surface area contributed by atoms with Gasteiger partial charge in [-0.25, -0.2) is 19.3 Å². The number of amides is 5. The molecule has 5 aromatic heterocycles. The van der Waals surface area contributed by atoms with Crippen molar-refractivity contribution in [3.63, 3.8) is 0 Å². The lowest BCUT2D eigenvalue weighted by Gasteiger charge is -2.19. The Hall–Kier alpha value is -7.45. The van der Waals surface area contributed by atoms with Crippen molar-refractivity contribution in [3.8, 4) is 17.7 Å². The Bertz CT molecular complexity index is 3700.